The van der Waals surface area contributed by atoms with Crippen molar-refractivity contribution in [1.82, 2.24) is 15.1 Å². The van der Waals surface area contributed by atoms with E-state index in [0.717, 1.165) is 38.9 Å². The molecule has 16 heavy (non-hydrogen) atoms. The number of ether oxygens (including phenoxy) is 1. The molecule has 0 aliphatic carbocycles. The minimum absolute atomic E-state index is 0.731. The topological polar surface area (TPSA) is 27.7 Å². The summed E-state index contributed by atoms with van der Waals surface area (Å²) >= 11 is 0. The van der Waals surface area contributed by atoms with Gasteiger partial charge in [-0.05, 0) is 19.5 Å². The summed E-state index contributed by atoms with van der Waals surface area (Å²) in [7, 11) is 0. The Bertz CT molecular complexity index is 195. The van der Waals surface area contributed by atoms with E-state index in [4.69, 9.17) is 4.74 Å². The zero-order valence-electron chi connectivity index (χ0n) is 10.5. The van der Waals surface area contributed by atoms with Gasteiger partial charge in [0, 0.05) is 38.8 Å². The first kappa shape index (κ1) is 12.3. The number of likely N-dealkylation sites (tertiary alicyclic amines) is 1. The van der Waals surface area contributed by atoms with Crippen LogP contribution < -0.4 is 5.32 Å². The van der Waals surface area contributed by atoms with Gasteiger partial charge in [0.2, 0.25) is 0 Å². The maximum atomic E-state index is 5.36. The Morgan fingerprint density at radius 2 is 1.88 bits per heavy atom. The first-order valence-corrected chi connectivity index (χ1v) is 6.64. The van der Waals surface area contributed by atoms with Crippen LogP contribution in [0.25, 0.3) is 0 Å². The SMILES string of the molecule is CCNC1CCN(CCN2CCOCC2)C1. The molecule has 4 heteroatoms. The summed E-state index contributed by atoms with van der Waals surface area (Å²) in [4.78, 5) is 5.10. The fourth-order valence-corrected chi connectivity index (χ4v) is 2.60. The molecule has 2 heterocycles. The molecule has 94 valence electrons. The quantitative estimate of drug-likeness (QED) is 0.716. The number of hydrogen-bond acceptors (Lipinski definition) is 4. The Morgan fingerprint density at radius 3 is 2.62 bits per heavy atom. The van der Waals surface area contributed by atoms with Crippen molar-refractivity contribution >= 4 is 0 Å². The van der Waals surface area contributed by atoms with Crippen molar-refractivity contribution in [2.45, 2.75) is 19.4 Å². The van der Waals surface area contributed by atoms with Crippen LogP contribution in [-0.2, 0) is 4.74 Å². The average molecular weight is 227 g/mol. The second-order valence-corrected chi connectivity index (χ2v) is 4.80. The van der Waals surface area contributed by atoms with Crippen LogP contribution in [0.4, 0.5) is 0 Å². The molecule has 0 aromatic rings. The number of nitrogens with zero attached hydrogens (tertiary/aromatic N) is 2. The van der Waals surface area contributed by atoms with Crippen molar-refractivity contribution in [3.8, 4) is 0 Å². The van der Waals surface area contributed by atoms with E-state index < -0.39 is 0 Å². The zero-order chi connectivity index (χ0) is 11.2. The molecule has 2 aliphatic heterocycles. The summed E-state index contributed by atoms with van der Waals surface area (Å²) in [5, 5.41) is 3.54. The zero-order valence-corrected chi connectivity index (χ0v) is 10.5. The molecule has 0 bridgehead atoms. The van der Waals surface area contributed by atoms with Crippen LogP contribution in [-0.4, -0.2) is 74.9 Å². The van der Waals surface area contributed by atoms with E-state index in [1.165, 1.54) is 32.6 Å². The van der Waals surface area contributed by atoms with Crippen molar-refractivity contribution in [2.75, 3.05) is 59.0 Å². The maximum Gasteiger partial charge on any atom is 0.0594 e. The Hall–Kier alpha value is -0.160. The molecule has 0 spiro atoms. The molecule has 0 aromatic carbocycles. The highest BCUT2D eigenvalue weighted by atomic mass is 16.5. The highest BCUT2D eigenvalue weighted by Crippen LogP contribution is 2.08. The molecular formula is C12H25N3O. The van der Waals surface area contributed by atoms with Gasteiger partial charge in [-0.2, -0.15) is 0 Å². The summed E-state index contributed by atoms with van der Waals surface area (Å²) < 4.78 is 5.36. The average Bonchev–Trinajstić information content (AvgIpc) is 2.76. The molecule has 0 amide bonds. The first-order valence-electron chi connectivity index (χ1n) is 6.64. The standard InChI is InChI=1S/C12H25N3O/c1-2-13-12-3-4-15(11-12)6-5-14-7-9-16-10-8-14/h12-13H,2-11H2,1H3. The summed E-state index contributed by atoms with van der Waals surface area (Å²) in [5.74, 6) is 0. The van der Waals surface area contributed by atoms with Crippen LogP contribution in [0.15, 0.2) is 0 Å². The van der Waals surface area contributed by atoms with E-state index in [2.05, 4.69) is 22.0 Å². The van der Waals surface area contributed by atoms with Gasteiger partial charge in [-0.1, -0.05) is 6.92 Å². The Kier molecular flexibility index (Phi) is 5.03. The van der Waals surface area contributed by atoms with E-state index >= 15 is 0 Å². The third-order valence-corrected chi connectivity index (χ3v) is 3.60. The Labute approximate surface area is 98.9 Å². The summed E-state index contributed by atoms with van der Waals surface area (Å²) in [6.07, 6.45) is 1.32. The van der Waals surface area contributed by atoms with E-state index in [1.807, 2.05) is 0 Å². The van der Waals surface area contributed by atoms with Crippen LogP contribution in [0.1, 0.15) is 13.3 Å². The van der Waals surface area contributed by atoms with E-state index in [-0.39, 0.29) is 0 Å². The lowest BCUT2D eigenvalue weighted by molar-refractivity contribution is 0.0343. The highest BCUT2D eigenvalue weighted by molar-refractivity contribution is 4.81. The van der Waals surface area contributed by atoms with Crippen LogP contribution in [0, 0.1) is 0 Å². The summed E-state index contributed by atoms with van der Waals surface area (Å²) in [5.41, 5.74) is 0. The molecular weight excluding hydrogens is 202 g/mol. The van der Waals surface area contributed by atoms with E-state index in [1.54, 1.807) is 0 Å². The third kappa shape index (κ3) is 3.70. The van der Waals surface area contributed by atoms with E-state index in [0.29, 0.717) is 0 Å². The molecule has 0 radical (unpaired) electrons. The van der Waals surface area contributed by atoms with Gasteiger partial charge in [-0.3, -0.25) is 4.90 Å². The van der Waals surface area contributed by atoms with Crippen molar-refractivity contribution in [3.63, 3.8) is 0 Å². The van der Waals surface area contributed by atoms with Gasteiger partial charge in [0.05, 0.1) is 13.2 Å². The van der Waals surface area contributed by atoms with Gasteiger partial charge in [0.25, 0.3) is 0 Å². The summed E-state index contributed by atoms with van der Waals surface area (Å²) in [6, 6.07) is 0.731. The van der Waals surface area contributed by atoms with Crippen LogP contribution in [0.3, 0.4) is 0 Å². The molecule has 0 saturated carbocycles. The number of likely N-dealkylation sites (N-methyl/N-ethyl adjacent to an activating group) is 1. The predicted molar refractivity (Wildman–Crippen MR) is 65.8 cm³/mol. The second kappa shape index (κ2) is 6.55. The van der Waals surface area contributed by atoms with Crippen LogP contribution in [0.2, 0.25) is 0 Å². The van der Waals surface area contributed by atoms with Crippen molar-refractivity contribution in [1.29, 1.82) is 0 Å². The Balaban J connectivity index is 1.59. The monoisotopic (exact) mass is 227 g/mol. The van der Waals surface area contributed by atoms with Gasteiger partial charge in [-0.15, -0.1) is 0 Å². The lowest BCUT2D eigenvalue weighted by Crippen LogP contribution is -2.41. The molecule has 0 aromatic heterocycles. The third-order valence-electron chi connectivity index (χ3n) is 3.60. The molecule has 4 nitrogen and oxygen atoms in total. The molecule has 2 aliphatic rings. The van der Waals surface area contributed by atoms with Crippen molar-refractivity contribution in [2.24, 2.45) is 0 Å². The van der Waals surface area contributed by atoms with Gasteiger partial charge in [0.1, 0.15) is 0 Å². The number of morpholine rings is 1. The number of hydrogen-bond donors (Lipinski definition) is 1. The van der Waals surface area contributed by atoms with Crippen molar-refractivity contribution in [3.05, 3.63) is 0 Å². The van der Waals surface area contributed by atoms with Gasteiger partial charge in [-0.25, -0.2) is 0 Å². The second-order valence-electron chi connectivity index (χ2n) is 4.80. The van der Waals surface area contributed by atoms with Gasteiger partial charge >= 0.3 is 0 Å². The molecule has 1 N–H and O–H groups in total. The first-order chi connectivity index (χ1) is 7.88. The lowest BCUT2D eigenvalue weighted by atomic mass is 10.3. The molecule has 2 fully saturated rings. The highest BCUT2D eigenvalue weighted by Gasteiger charge is 2.21. The van der Waals surface area contributed by atoms with Crippen LogP contribution in [0.5, 0.6) is 0 Å². The lowest BCUT2D eigenvalue weighted by Gasteiger charge is -2.28. The smallest absolute Gasteiger partial charge is 0.0594 e. The molecule has 1 atom stereocenters. The maximum absolute atomic E-state index is 5.36. The van der Waals surface area contributed by atoms with E-state index in [9.17, 15) is 0 Å². The van der Waals surface area contributed by atoms with Gasteiger partial charge < -0.3 is 15.0 Å². The molecule has 2 rings (SSSR count). The predicted octanol–water partition coefficient (Wildman–Crippen LogP) is 0.00240. The van der Waals surface area contributed by atoms with Gasteiger partial charge in [0.15, 0.2) is 0 Å². The number of nitrogens with one attached hydrogen (secondary N) is 1. The van der Waals surface area contributed by atoms with Crippen molar-refractivity contribution < 1.29 is 4.74 Å². The number of rotatable bonds is 5. The van der Waals surface area contributed by atoms with Crippen LogP contribution >= 0.6 is 0 Å². The molecule has 1 unspecified atom stereocenters. The minimum Gasteiger partial charge on any atom is -0.379 e. The summed E-state index contributed by atoms with van der Waals surface area (Å²) in [6.45, 7) is 12.3. The normalized spacial score (nSPS) is 28.7. The largest absolute Gasteiger partial charge is 0.379 e. The molecule has 2 saturated heterocycles. The minimum atomic E-state index is 0.731. The Morgan fingerprint density at radius 1 is 1.12 bits per heavy atom. The fourth-order valence-electron chi connectivity index (χ4n) is 2.60. The fraction of sp³-hybridized carbons (Fsp3) is 1.00.